The van der Waals surface area contributed by atoms with Crippen molar-refractivity contribution in [2.45, 2.75) is 13.3 Å². The molecule has 0 spiro atoms. The molecule has 0 saturated carbocycles. The third-order valence-corrected chi connectivity index (χ3v) is 3.12. The van der Waals surface area contributed by atoms with Crippen molar-refractivity contribution in [1.82, 2.24) is 0 Å². The van der Waals surface area contributed by atoms with Gasteiger partial charge in [0.1, 0.15) is 11.6 Å². The van der Waals surface area contributed by atoms with Crippen LogP contribution in [0, 0.1) is 17.0 Å². The van der Waals surface area contributed by atoms with Crippen molar-refractivity contribution in [3.05, 3.63) is 29.8 Å². The molecule has 4 nitrogen and oxygen atoms in total. The van der Waals surface area contributed by atoms with Gasteiger partial charge in [-0.05, 0) is 18.6 Å². The number of halogens is 3. The maximum Gasteiger partial charge on any atom is 0.193 e. The summed E-state index contributed by atoms with van der Waals surface area (Å²) in [5, 5.41) is 2.56. The van der Waals surface area contributed by atoms with Crippen LogP contribution < -0.4 is 11.1 Å². The van der Waals surface area contributed by atoms with E-state index in [1.54, 1.807) is 0 Å². The second-order valence-corrected chi connectivity index (χ2v) is 5.06. The van der Waals surface area contributed by atoms with Crippen molar-refractivity contribution in [2.24, 2.45) is 16.1 Å². The van der Waals surface area contributed by atoms with Gasteiger partial charge in [-0.15, -0.1) is 24.0 Å². The lowest BCUT2D eigenvalue weighted by atomic mass is 9.90. The number of benzene rings is 1. The zero-order chi connectivity index (χ0) is 13.9. The van der Waals surface area contributed by atoms with Gasteiger partial charge in [0.2, 0.25) is 0 Å². The molecule has 0 aliphatic carbocycles. The van der Waals surface area contributed by atoms with E-state index in [4.69, 9.17) is 10.5 Å². The van der Waals surface area contributed by atoms with Crippen LogP contribution in [0.4, 0.5) is 14.5 Å². The first kappa shape index (κ1) is 17.1. The second-order valence-electron chi connectivity index (χ2n) is 5.06. The molecule has 7 heteroatoms. The summed E-state index contributed by atoms with van der Waals surface area (Å²) in [4.78, 5) is 4.16. The van der Waals surface area contributed by atoms with Crippen LogP contribution in [-0.4, -0.2) is 25.7 Å². The lowest BCUT2D eigenvalue weighted by Crippen LogP contribution is -2.27. The van der Waals surface area contributed by atoms with E-state index in [1.165, 1.54) is 0 Å². The van der Waals surface area contributed by atoms with Crippen LogP contribution in [0.15, 0.2) is 23.2 Å². The van der Waals surface area contributed by atoms with Gasteiger partial charge in [0.05, 0.1) is 18.8 Å². The minimum Gasteiger partial charge on any atom is -0.381 e. The fourth-order valence-corrected chi connectivity index (χ4v) is 1.88. The minimum atomic E-state index is -0.574. The largest absolute Gasteiger partial charge is 0.381 e. The number of aliphatic imine (C=N–C) groups is 1. The van der Waals surface area contributed by atoms with E-state index in [0.29, 0.717) is 13.2 Å². The second kappa shape index (κ2) is 7.16. The number of hydrogen-bond acceptors (Lipinski definition) is 2. The van der Waals surface area contributed by atoms with Gasteiger partial charge in [-0.1, -0.05) is 6.92 Å². The Morgan fingerprint density at radius 1 is 1.50 bits per heavy atom. The molecule has 0 bridgehead atoms. The number of nitrogens with zero attached hydrogens (tertiary/aromatic N) is 1. The summed E-state index contributed by atoms with van der Waals surface area (Å²) in [6, 6.07) is 3.12. The molecule has 0 amide bonds. The van der Waals surface area contributed by atoms with E-state index >= 15 is 0 Å². The topological polar surface area (TPSA) is 59.6 Å². The molecule has 0 radical (unpaired) electrons. The van der Waals surface area contributed by atoms with Crippen molar-refractivity contribution in [1.29, 1.82) is 0 Å². The van der Waals surface area contributed by atoms with E-state index in [-0.39, 0.29) is 41.0 Å². The quantitative estimate of drug-likeness (QED) is 0.469. The summed E-state index contributed by atoms with van der Waals surface area (Å²) in [6.45, 7) is 3.90. The van der Waals surface area contributed by atoms with Crippen LogP contribution in [-0.2, 0) is 4.74 Å². The molecule has 1 aromatic rings. The van der Waals surface area contributed by atoms with Gasteiger partial charge in [0.25, 0.3) is 0 Å². The Morgan fingerprint density at radius 3 is 2.90 bits per heavy atom. The van der Waals surface area contributed by atoms with Crippen LogP contribution in [0.3, 0.4) is 0 Å². The molecule has 1 fully saturated rings. The molecule has 1 heterocycles. The Hall–Kier alpha value is -0.960. The van der Waals surface area contributed by atoms with E-state index in [2.05, 4.69) is 17.2 Å². The van der Waals surface area contributed by atoms with Crippen molar-refractivity contribution in [3.8, 4) is 0 Å². The van der Waals surface area contributed by atoms with Crippen molar-refractivity contribution < 1.29 is 13.5 Å². The Balaban J connectivity index is 0.00000200. The Morgan fingerprint density at radius 2 is 2.25 bits per heavy atom. The first-order valence-electron chi connectivity index (χ1n) is 6.08. The van der Waals surface area contributed by atoms with E-state index in [9.17, 15) is 8.78 Å². The van der Waals surface area contributed by atoms with Gasteiger partial charge >= 0.3 is 0 Å². The van der Waals surface area contributed by atoms with Crippen molar-refractivity contribution in [2.75, 3.05) is 25.1 Å². The normalized spacial score (nSPS) is 22.4. The molecular formula is C13H18F2IN3O. The van der Waals surface area contributed by atoms with Gasteiger partial charge in [-0.2, -0.15) is 0 Å². The van der Waals surface area contributed by atoms with E-state index in [1.807, 2.05) is 0 Å². The zero-order valence-electron chi connectivity index (χ0n) is 11.2. The van der Waals surface area contributed by atoms with Gasteiger partial charge in [0, 0.05) is 18.1 Å². The van der Waals surface area contributed by atoms with Gasteiger partial charge < -0.3 is 15.8 Å². The molecule has 1 aliphatic rings. The molecule has 0 aromatic heterocycles. The van der Waals surface area contributed by atoms with E-state index in [0.717, 1.165) is 31.2 Å². The Labute approximate surface area is 133 Å². The number of hydrogen-bond donors (Lipinski definition) is 2. The van der Waals surface area contributed by atoms with Gasteiger partial charge in [-0.25, -0.2) is 8.78 Å². The summed E-state index contributed by atoms with van der Waals surface area (Å²) >= 11 is 0. The SMILES string of the molecule is CC1(CN=C(N)Nc2cc(F)ccc2F)CCOC1.I. The fraction of sp³-hybridized carbons (Fsp3) is 0.462. The van der Waals surface area contributed by atoms with E-state index < -0.39 is 11.6 Å². The Kier molecular flexibility index (Phi) is 6.12. The van der Waals surface area contributed by atoms with Gasteiger partial charge in [0.15, 0.2) is 5.96 Å². The molecular weight excluding hydrogens is 379 g/mol. The fourth-order valence-electron chi connectivity index (χ4n) is 1.88. The summed E-state index contributed by atoms with van der Waals surface area (Å²) in [6.07, 6.45) is 0.915. The molecule has 2 rings (SSSR count). The maximum atomic E-state index is 13.4. The van der Waals surface area contributed by atoms with Crippen LogP contribution >= 0.6 is 24.0 Å². The highest BCUT2D eigenvalue weighted by Crippen LogP contribution is 2.27. The Bertz CT molecular complexity index is 491. The molecule has 1 saturated heterocycles. The van der Waals surface area contributed by atoms with Crippen molar-refractivity contribution in [3.63, 3.8) is 0 Å². The molecule has 20 heavy (non-hydrogen) atoms. The standard InChI is InChI=1S/C13H17F2N3O.HI/c1-13(4-5-19-8-13)7-17-12(16)18-11-6-9(14)2-3-10(11)15;/h2-3,6H,4-5,7-8H2,1H3,(H3,16,17,18);1H. The smallest absolute Gasteiger partial charge is 0.193 e. The first-order valence-corrected chi connectivity index (χ1v) is 6.08. The first-order chi connectivity index (χ1) is 8.98. The minimum absolute atomic E-state index is 0. The molecule has 1 aromatic carbocycles. The van der Waals surface area contributed by atoms with Crippen LogP contribution in [0.25, 0.3) is 0 Å². The molecule has 1 aliphatic heterocycles. The van der Waals surface area contributed by atoms with Crippen LogP contribution in [0.5, 0.6) is 0 Å². The number of ether oxygens (including phenoxy) is 1. The molecule has 1 unspecified atom stereocenters. The third-order valence-electron chi connectivity index (χ3n) is 3.12. The highest BCUT2D eigenvalue weighted by molar-refractivity contribution is 14.0. The summed E-state index contributed by atoms with van der Waals surface area (Å²) in [5.74, 6) is -1.04. The summed E-state index contributed by atoms with van der Waals surface area (Å²) in [7, 11) is 0. The zero-order valence-corrected chi connectivity index (χ0v) is 13.5. The predicted octanol–water partition coefficient (Wildman–Crippen LogP) is 2.74. The van der Waals surface area contributed by atoms with Crippen LogP contribution in [0.1, 0.15) is 13.3 Å². The molecule has 112 valence electrons. The monoisotopic (exact) mass is 397 g/mol. The molecule has 3 N–H and O–H groups in total. The van der Waals surface area contributed by atoms with Crippen molar-refractivity contribution >= 4 is 35.6 Å². The molecule has 1 atom stereocenters. The number of guanidine groups is 1. The summed E-state index contributed by atoms with van der Waals surface area (Å²) in [5.41, 5.74) is 5.62. The number of nitrogens with one attached hydrogen (secondary N) is 1. The highest BCUT2D eigenvalue weighted by atomic mass is 127. The highest BCUT2D eigenvalue weighted by Gasteiger charge is 2.29. The number of nitrogens with two attached hydrogens (primary N) is 1. The predicted molar refractivity (Wildman–Crippen MR) is 85.4 cm³/mol. The average Bonchev–Trinajstić information content (AvgIpc) is 2.79. The lowest BCUT2D eigenvalue weighted by molar-refractivity contribution is 0.163. The maximum absolute atomic E-state index is 13.4. The average molecular weight is 397 g/mol. The van der Waals surface area contributed by atoms with Crippen LogP contribution in [0.2, 0.25) is 0 Å². The number of anilines is 1. The lowest BCUT2D eigenvalue weighted by Gasteiger charge is -2.18. The number of rotatable bonds is 3. The summed E-state index contributed by atoms with van der Waals surface area (Å²) < 4.78 is 31.7. The third kappa shape index (κ3) is 4.55. The van der Waals surface area contributed by atoms with Gasteiger partial charge in [-0.3, -0.25) is 4.99 Å².